The number of hydrogen-bond donors (Lipinski definition) is 0. The van der Waals surface area contributed by atoms with Crippen LogP contribution in [0.1, 0.15) is 11.1 Å². The fraction of sp³-hybridized carbons (Fsp3) is 0. The van der Waals surface area contributed by atoms with Crippen LogP contribution in [-0.2, 0) is 0 Å². The summed E-state index contributed by atoms with van der Waals surface area (Å²) in [5.74, 6) is 0. The first kappa shape index (κ1) is 21.5. The summed E-state index contributed by atoms with van der Waals surface area (Å²) in [6.45, 7) is 0. The third kappa shape index (κ3) is 4.63. The van der Waals surface area contributed by atoms with Crippen molar-refractivity contribution in [1.29, 1.82) is 0 Å². The average Bonchev–Trinajstić information content (AvgIpc) is 3.69. The van der Waals surface area contributed by atoms with Gasteiger partial charge in [-0.3, -0.25) is 0 Å². The Morgan fingerprint density at radius 2 is 0.676 bits per heavy atom. The van der Waals surface area contributed by atoms with Crippen LogP contribution in [0.3, 0.4) is 0 Å². The van der Waals surface area contributed by atoms with Gasteiger partial charge >= 0.3 is 0 Å². The summed E-state index contributed by atoms with van der Waals surface area (Å²) in [7, 11) is 0. The number of rotatable bonds is 6. The Labute approximate surface area is 215 Å². The van der Waals surface area contributed by atoms with Crippen molar-refractivity contribution in [3.63, 3.8) is 0 Å². The quantitative estimate of drug-likeness (QED) is 0.196. The molecule has 4 heterocycles. The lowest BCUT2D eigenvalue weighted by Gasteiger charge is -2.07. The summed E-state index contributed by atoms with van der Waals surface area (Å²) in [6, 6.07) is 31.1. The van der Waals surface area contributed by atoms with E-state index in [1.54, 1.807) is 45.3 Å². The molecule has 0 aliphatic rings. The summed E-state index contributed by atoms with van der Waals surface area (Å²) in [5, 5.41) is 8.57. The van der Waals surface area contributed by atoms with Gasteiger partial charge in [-0.05, 0) is 116 Å². The fourth-order valence-electron chi connectivity index (χ4n) is 4.03. The Hall–Kier alpha value is -3.02. The Morgan fingerprint density at radius 3 is 0.912 bits per heavy atom. The van der Waals surface area contributed by atoms with E-state index in [2.05, 4.69) is 119 Å². The predicted molar refractivity (Wildman–Crippen MR) is 155 cm³/mol. The molecule has 0 atom stereocenters. The SMILES string of the molecule is C(=C\c1cc(-c2cccs2)cc(-c2cccs2)c1)/c1cc(-c2cccs2)cc(-c2cccs2)c1. The molecule has 0 saturated carbocycles. The molecule has 4 aromatic heterocycles. The van der Waals surface area contributed by atoms with Crippen molar-refractivity contribution in [2.45, 2.75) is 0 Å². The second-order valence-electron chi connectivity index (χ2n) is 7.93. The van der Waals surface area contributed by atoms with Crippen molar-refractivity contribution < 1.29 is 0 Å². The highest BCUT2D eigenvalue weighted by atomic mass is 32.1. The number of thiophene rings is 4. The molecule has 0 aliphatic heterocycles. The molecule has 0 aliphatic carbocycles. The van der Waals surface area contributed by atoms with E-state index >= 15 is 0 Å². The van der Waals surface area contributed by atoms with Gasteiger partial charge in [0.05, 0.1) is 0 Å². The molecule has 0 saturated heterocycles. The number of hydrogen-bond acceptors (Lipinski definition) is 4. The summed E-state index contributed by atoms with van der Waals surface area (Å²) in [5.41, 5.74) is 7.51. The molecule has 6 rings (SSSR count). The van der Waals surface area contributed by atoms with Crippen LogP contribution in [0, 0.1) is 0 Å². The maximum atomic E-state index is 2.31. The largest absolute Gasteiger partial charge is 0.144 e. The third-order valence-corrected chi connectivity index (χ3v) is 9.28. The van der Waals surface area contributed by atoms with Crippen molar-refractivity contribution in [3.05, 3.63) is 118 Å². The van der Waals surface area contributed by atoms with E-state index in [0.717, 1.165) is 0 Å². The molecule has 6 aromatic rings. The lowest BCUT2D eigenvalue weighted by atomic mass is 10.0. The summed E-state index contributed by atoms with van der Waals surface area (Å²) in [4.78, 5) is 5.20. The van der Waals surface area contributed by atoms with Crippen LogP contribution in [0.15, 0.2) is 106 Å². The molecule has 0 N–H and O–H groups in total. The molecule has 0 fully saturated rings. The Morgan fingerprint density at radius 1 is 0.382 bits per heavy atom. The maximum Gasteiger partial charge on any atom is 0.0343 e. The smallest absolute Gasteiger partial charge is 0.0343 e. The highest BCUT2D eigenvalue weighted by Gasteiger charge is 2.08. The fourth-order valence-corrected chi connectivity index (χ4v) is 6.89. The van der Waals surface area contributed by atoms with Gasteiger partial charge in [-0.2, -0.15) is 0 Å². The molecule has 0 bridgehead atoms. The first-order valence-electron chi connectivity index (χ1n) is 11.0. The van der Waals surface area contributed by atoms with Gasteiger partial charge in [0.15, 0.2) is 0 Å². The highest BCUT2D eigenvalue weighted by molar-refractivity contribution is 7.14. The van der Waals surface area contributed by atoms with E-state index in [1.807, 2.05) is 0 Å². The minimum absolute atomic E-state index is 1.22. The zero-order valence-corrected chi connectivity index (χ0v) is 21.4. The van der Waals surface area contributed by atoms with Crippen LogP contribution in [-0.4, -0.2) is 0 Å². The van der Waals surface area contributed by atoms with Crippen LogP contribution in [0.25, 0.3) is 53.9 Å². The maximum absolute atomic E-state index is 2.31. The highest BCUT2D eigenvalue weighted by Crippen LogP contribution is 2.35. The lowest BCUT2D eigenvalue weighted by molar-refractivity contribution is 1.63. The first-order chi connectivity index (χ1) is 16.8. The van der Waals surface area contributed by atoms with Crippen molar-refractivity contribution in [1.82, 2.24) is 0 Å². The molecule has 0 unspecified atom stereocenters. The molecule has 0 radical (unpaired) electrons. The van der Waals surface area contributed by atoms with E-state index in [0.29, 0.717) is 0 Å². The lowest BCUT2D eigenvalue weighted by Crippen LogP contribution is -1.83. The van der Waals surface area contributed by atoms with E-state index in [9.17, 15) is 0 Å². The van der Waals surface area contributed by atoms with Gasteiger partial charge in [-0.15, -0.1) is 45.3 Å². The molecule has 164 valence electrons. The number of benzene rings is 2. The van der Waals surface area contributed by atoms with E-state index in [-0.39, 0.29) is 0 Å². The summed E-state index contributed by atoms with van der Waals surface area (Å²) >= 11 is 7.15. The molecule has 34 heavy (non-hydrogen) atoms. The minimum Gasteiger partial charge on any atom is -0.144 e. The zero-order valence-electron chi connectivity index (χ0n) is 18.2. The Kier molecular flexibility index (Phi) is 6.13. The van der Waals surface area contributed by atoms with Gasteiger partial charge in [-0.25, -0.2) is 0 Å². The standard InChI is InChI=1S/C30H20S4/c1-5-27(31-11-1)23-15-21(16-24(19-23)28-6-2-12-32-28)9-10-22-17-25(29-7-3-13-33-29)20-26(18-22)30-8-4-14-34-30/h1-20H/b10-9+. The van der Waals surface area contributed by atoms with Crippen LogP contribution in [0.5, 0.6) is 0 Å². The molecular formula is C30H20S4. The van der Waals surface area contributed by atoms with E-state index in [4.69, 9.17) is 0 Å². The van der Waals surface area contributed by atoms with Crippen LogP contribution in [0.4, 0.5) is 0 Å². The predicted octanol–water partition coefficient (Wildman–Crippen LogP) is 10.8. The van der Waals surface area contributed by atoms with Gasteiger partial charge in [0.25, 0.3) is 0 Å². The van der Waals surface area contributed by atoms with Crippen LogP contribution in [0.2, 0.25) is 0 Å². The van der Waals surface area contributed by atoms with Gasteiger partial charge in [0.2, 0.25) is 0 Å². The Bertz CT molecular complexity index is 1290. The molecule has 0 spiro atoms. The van der Waals surface area contributed by atoms with Gasteiger partial charge in [0.1, 0.15) is 0 Å². The summed E-state index contributed by atoms with van der Waals surface area (Å²) < 4.78 is 0. The van der Waals surface area contributed by atoms with E-state index in [1.165, 1.54) is 52.9 Å². The molecule has 0 nitrogen and oxygen atoms in total. The first-order valence-corrected chi connectivity index (χ1v) is 14.5. The van der Waals surface area contributed by atoms with Gasteiger partial charge in [0, 0.05) is 19.5 Å². The second kappa shape index (κ2) is 9.69. The van der Waals surface area contributed by atoms with Gasteiger partial charge < -0.3 is 0 Å². The van der Waals surface area contributed by atoms with Crippen molar-refractivity contribution in [2.24, 2.45) is 0 Å². The van der Waals surface area contributed by atoms with Crippen molar-refractivity contribution in [3.8, 4) is 41.8 Å². The molecule has 0 amide bonds. The van der Waals surface area contributed by atoms with Crippen LogP contribution < -0.4 is 0 Å². The third-order valence-electron chi connectivity index (χ3n) is 5.60. The minimum atomic E-state index is 1.22. The normalized spacial score (nSPS) is 11.4. The molecular weight excluding hydrogens is 489 g/mol. The average molecular weight is 509 g/mol. The van der Waals surface area contributed by atoms with Crippen molar-refractivity contribution in [2.75, 3.05) is 0 Å². The molecule has 4 heteroatoms. The van der Waals surface area contributed by atoms with Crippen LogP contribution >= 0.6 is 45.3 Å². The second-order valence-corrected chi connectivity index (χ2v) is 11.7. The van der Waals surface area contributed by atoms with Gasteiger partial charge in [-0.1, -0.05) is 36.4 Å². The van der Waals surface area contributed by atoms with E-state index < -0.39 is 0 Å². The Balaban J connectivity index is 1.42. The summed E-state index contributed by atoms with van der Waals surface area (Å²) in [6.07, 6.45) is 4.50. The monoisotopic (exact) mass is 508 g/mol. The zero-order chi connectivity index (χ0) is 22.7. The topological polar surface area (TPSA) is 0 Å². The van der Waals surface area contributed by atoms with Crippen molar-refractivity contribution >= 4 is 57.5 Å². The molecule has 2 aromatic carbocycles.